The molecule has 4 aromatic carbocycles. The molecule has 0 bridgehead atoms. The number of aliphatic hydroxyl groups excluding tert-OH is 1. The minimum atomic E-state index is -1.06. The predicted octanol–water partition coefficient (Wildman–Crippen LogP) is 6.39. The summed E-state index contributed by atoms with van der Waals surface area (Å²) in [6.07, 6.45) is -0.824. The Morgan fingerprint density at radius 1 is 0.720 bits per heavy atom. The van der Waals surface area contributed by atoms with E-state index in [1.54, 1.807) is 0 Å². The first kappa shape index (κ1) is 36.1. The molecular formula is C41H47N3O6. The highest BCUT2D eigenvalue weighted by molar-refractivity contribution is 5.86. The van der Waals surface area contributed by atoms with Crippen LogP contribution in [0.2, 0.25) is 0 Å². The van der Waals surface area contributed by atoms with Crippen molar-refractivity contribution >= 4 is 18.1 Å². The highest BCUT2D eigenvalue weighted by Crippen LogP contribution is 2.44. The maximum Gasteiger partial charge on any atom is 0.407 e. The van der Waals surface area contributed by atoms with Crippen molar-refractivity contribution in [1.82, 2.24) is 16.0 Å². The standard InChI is InChI=1S/C41H47N3O6/c1-4-27(2)38(44-40(47)49-3)39(46)42-30(23-28-15-7-5-8-16-28)25-37(45)36(24-29-17-9-6-10-18-29)43-41(48)50-26-35-33-21-13-11-19-31(33)32-20-12-14-22-34(32)35/h5-22,27,30,35-38,45H,4,23-26H2,1-3H3,(H,42,46)(H,43,48)(H,44,47)/t27-,30-,36-,37-,38-/m0/s1. The van der Waals surface area contributed by atoms with E-state index in [0.29, 0.717) is 19.3 Å². The molecule has 0 fully saturated rings. The predicted molar refractivity (Wildman–Crippen MR) is 194 cm³/mol. The van der Waals surface area contributed by atoms with E-state index in [4.69, 9.17) is 9.47 Å². The summed E-state index contributed by atoms with van der Waals surface area (Å²) < 4.78 is 10.6. The van der Waals surface area contributed by atoms with Gasteiger partial charge in [-0.05, 0) is 58.6 Å². The summed E-state index contributed by atoms with van der Waals surface area (Å²) in [5, 5.41) is 20.5. The van der Waals surface area contributed by atoms with E-state index in [0.717, 1.165) is 33.4 Å². The van der Waals surface area contributed by atoms with Crippen LogP contribution < -0.4 is 16.0 Å². The second kappa shape index (κ2) is 17.5. The van der Waals surface area contributed by atoms with E-state index in [1.165, 1.54) is 7.11 Å². The number of carbonyl (C=O) groups is 3. The highest BCUT2D eigenvalue weighted by atomic mass is 16.5. The van der Waals surface area contributed by atoms with Gasteiger partial charge < -0.3 is 30.5 Å². The van der Waals surface area contributed by atoms with Gasteiger partial charge >= 0.3 is 12.2 Å². The van der Waals surface area contributed by atoms with Crippen LogP contribution in [0, 0.1) is 5.92 Å². The number of nitrogens with one attached hydrogen (secondary N) is 3. The van der Waals surface area contributed by atoms with E-state index in [2.05, 4.69) is 40.2 Å². The van der Waals surface area contributed by atoms with Crippen molar-refractivity contribution in [3.63, 3.8) is 0 Å². The molecule has 50 heavy (non-hydrogen) atoms. The molecule has 0 aliphatic heterocycles. The van der Waals surface area contributed by atoms with Crippen LogP contribution in [0.4, 0.5) is 9.59 Å². The van der Waals surface area contributed by atoms with Gasteiger partial charge in [0.1, 0.15) is 12.6 Å². The monoisotopic (exact) mass is 677 g/mol. The topological polar surface area (TPSA) is 126 Å². The third-order valence-electron chi connectivity index (χ3n) is 9.56. The third-order valence-corrected chi connectivity index (χ3v) is 9.56. The van der Waals surface area contributed by atoms with Gasteiger partial charge in [-0.3, -0.25) is 4.79 Å². The van der Waals surface area contributed by atoms with E-state index in [-0.39, 0.29) is 30.8 Å². The molecule has 1 aliphatic rings. The molecule has 5 rings (SSSR count). The number of alkyl carbamates (subject to hydrolysis) is 2. The van der Waals surface area contributed by atoms with Gasteiger partial charge in [0.2, 0.25) is 5.91 Å². The van der Waals surface area contributed by atoms with Crippen molar-refractivity contribution in [3.8, 4) is 11.1 Å². The number of hydrogen-bond donors (Lipinski definition) is 4. The lowest BCUT2D eigenvalue weighted by Gasteiger charge is -2.30. The van der Waals surface area contributed by atoms with Gasteiger partial charge in [0.15, 0.2) is 0 Å². The Morgan fingerprint density at radius 3 is 1.82 bits per heavy atom. The van der Waals surface area contributed by atoms with Gasteiger partial charge in [0.05, 0.1) is 19.3 Å². The summed E-state index contributed by atoms with van der Waals surface area (Å²) in [5.74, 6) is -0.646. The lowest BCUT2D eigenvalue weighted by Crippen LogP contribution is -2.54. The zero-order valence-electron chi connectivity index (χ0n) is 28.9. The van der Waals surface area contributed by atoms with E-state index in [9.17, 15) is 19.5 Å². The summed E-state index contributed by atoms with van der Waals surface area (Å²) in [4.78, 5) is 39.2. The van der Waals surface area contributed by atoms with Gasteiger partial charge in [-0.25, -0.2) is 9.59 Å². The van der Waals surface area contributed by atoms with E-state index in [1.807, 2.05) is 98.8 Å². The minimum Gasteiger partial charge on any atom is -0.453 e. The average Bonchev–Trinajstić information content (AvgIpc) is 3.46. The van der Waals surface area contributed by atoms with Crippen LogP contribution >= 0.6 is 0 Å². The average molecular weight is 678 g/mol. The molecule has 4 aromatic rings. The first-order chi connectivity index (χ1) is 24.3. The molecule has 5 atom stereocenters. The molecule has 4 N–H and O–H groups in total. The Balaban J connectivity index is 1.32. The molecule has 9 heteroatoms. The smallest absolute Gasteiger partial charge is 0.407 e. The summed E-state index contributed by atoms with van der Waals surface area (Å²) >= 11 is 0. The summed E-state index contributed by atoms with van der Waals surface area (Å²) in [7, 11) is 1.26. The van der Waals surface area contributed by atoms with Crippen LogP contribution in [0.3, 0.4) is 0 Å². The summed E-state index contributed by atoms with van der Waals surface area (Å²) in [5.41, 5.74) is 6.39. The number of benzene rings is 4. The zero-order chi connectivity index (χ0) is 35.5. The Labute approximate surface area is 294 Å². The van der Waals surface area contributed by atoms with Gasteiger partial charge in [-0.2, -0.15) is 0 Å². The highest BCUT2D eigenvalue weighted by Gasteiger charge is 2.32. The Kier molecular flexibility index (Phi) is 12.6. The van der Waals surface area contributed by atoms with Gasteiger partial charge in [0.25, 0.3) is 0 Å². The summed E-state index contributed by atoms with van der Waals surface area (Å²) in [6.45, 7) is 3.97. The lowest BCUT2D eigenvalue weighted by atomic mass is 9.92. The van der Waals surface area contributed by atoms with Crippen molar-refractivity contribution in [2.45, 2.75) is 69.7 Å². The molecule has 262 valence electrons. The number of methoxy groups -OCH3 is 1. The van der Waals surface area contributed by atoms with E-state index >= 15 is 0 Å². The third kappa shape index (κ3) is 9.30. The molecule has 0 saturated heterocycles. The number of ether oxygens (including phenoxy) is 2. The Morgan fingerprint density at radius 2 is 1.26 bits per heavy atom. The normalized spacial score (nSPS) is 15.0. The number of fused-ring (bicyclic) bond motifs is 3. The van der Waals surface area contributed by atoms with Crippen molar-refractivity contribution in [2.75, 3.05) is 13.7 Å². The van der Waals surface area contributed by atoms with Gasteiger partial charge in [-0.15, -0.1) is 0 Å². The van der Waals surface area contributed by atoms with Crippen LogP contribution in [0.5, 0.6) is 0 Å². The second-order valence-corrected chi connectivity index (χ2v) is 13.0. The number of rotatable bonds is 15. The van der Waals surface area contributed by atoms with Gasteiger partial charge in [0, 0.05) is 12.0 Å². The Hall–Kier alpha value is -5.15. The first-order valence-electron chi connectivity index (χ1n) is 17.3. The van der Waals surface area contributed by atoms with Crippen LogP contribution in [0.15, 0.2) is 109 Å². The molecule has 9 nitrogen and oxygen atoms in total. The van der Waals surface area contributed by atoms with Crippen molar-refractivity contribution < 1.29 is 29.0 Å². The number of amides is 3. The number of aliphatic hydroxyl groups is 1. The SMILES string of the molecule is CC[C@H](C)[C@H](NC(=O)OC)C(=O)N[C@@H](Cc1ccccc1)C[C@H](O)[C@H](Cc1ccccc1)NC(=O)OCC1c2ccccc2-c2ccccc21. The van der Waals surface area contributed by atoms with Crippen LogP contribution in [0.25, 0.3) is 11.1 Å². The van der Waals surface area contributed by atoms with Crippen LogP contribution in [0.1, 0.15) is 54.9 Å². The molecule has 1 aliphatic carbocycles. The van der Waals surface area contributed by atoms with E-state index < -0.39 is 36.4 Å². The summed E-state index contributed by atoms with van der Waals surface area (Å²) in [6, 6.07) is 33.5. The fraction of sp³-hybridized carbons (Fsp3) is 0.341. The molecule has 0 radical (unpaired) electrons. The van der Waals surface area contributed by atoms with Crippen molar-refractivity contribution in [2.24, 2.45) is 5.92 Å². The van der Waals surface area contributed by atoms with Crippen LogP contribution in [-0.2, 0) is 27.1 Å². The van der Waals surface area contributed by atoms with Crippen molar-refractivity contribution in [1.29, 1.82) is 0 Å². The molecule has 0 unspecified atom stereocenters. The quantitative estimate of drug-likeness (QED) is 0.116. The molecular weight excluding hydrogens is 630 g/mol. The minimum absolute atomic E-state index is 0.104. The maximum absolute atomic E-state index is 13.6. The maximum atomic E-state index is 13.6. The second-order valence-electron chi connectivity index (χ2n) is 13.0. The fourth-order valence-corrected chi connectivity index (χ4v) is 6.67. The van der Waals surface area contributed by atoms with Crippen molar-refractivity contribution in [3.05, 3.63) is 131 Å². The molecule has 3 amide bonds. The molecule has 0 aromatic heterocycles. The lowest BCUT2D eigenvalue weighted by molar-refractivity contribution is -0.125. The number of carbonyl (C=O) groups excluding carboxylic acids is 3. The largest absolute Gasteiger partial charge is 0.453 e. The molecule has 0 spiro atoms. The first-order valence-corrected chi connectivity index (χ1v) is 17.3. The zero-order valence-corrected chi connectivity index (χ0v) is 28.9. The number of hydrogen-bond acceptors (Lipinski definition) is 6. The Bertz CT molecular complexity index is 1670. The fourth-order valence-electron chi connectivity index (χ4n) is 6.67. The molecule has 0 saturated carbocycles. The van der Waals surface area contributed by atoms with Crippen LogP contribution in [-0.4, -0.2) is 61.1 Å². The van der Waals surface area contributed by atoms with Gasteiger partial charge in [-0.1, -0.05) is 129 Å². The molecule has 0 heterocycles.